The van der Waals surface area contributed by atoms with Crippen molar-refractivity contribution in [3.63, 3.8) is 0 Å². The van der Waals surface area contributed by atoms with Crippen molar-refractivity contribution >= 4 is 34.8 Å². The Morgan fingerprint density at radius 2 is 1.77 bits per heavy atom. The number of anilines is 2. The van der Waals surface area contributed by atoms with Crippen LogP contribution in [-0.4, -0.2) is 35.8 Å². The largest absolute Gasteiger partial charge is 0.418 e. The van der Waals surface area contributed by atoms with Crippen LogP contribution < -0.4 is 10.6 Å². The number of hydrogen-bond donors (Lipinski definition) is 2. The van der Waals surface area contributed by atoms with Gasteiger partial charge in [0.25, 0.3) is 0 Å². The Kier molecular flexibility index (Phi) is 7.86. The summed E-state index contributed by atoms with van der Waals surface area (Å²) in [5, 5.41) is 5.54. The fourth-order valence-electron chi connectivity index (χ4n) is 2.87. The summed E-state index contributed by atoms with van der Waals surface area (Å²) in [5.74, 6) is -1.00. The van der Waals surface area contributed by atoms with Crippen LogP contribution in [0.3, 0.4) is 0 Å². The number of hydrogen-bond acceptors (Lipinski definition) is 3. The standard InChI is InChI=1S/C21H23ClF3N3O2/c1-4-28(14(3)20(30)27-18-11-15(22)10-9-13(18)2)12-19(29)26-17-8-6-5-7-16(17)21(23,24)25/h5-11,14H,4,12H2,1-3H3,(H,26,29)(H,27,30). The number of alkyl halides is 3. The van der Waals surface area contributed by atoms with Crippen LogP contribution in [0.1, 0.15) is 25.0 Å². The highest BCUT2D eigenvalue weighted by molar-refractivity contribution is 6.31. The molecule has 0 aromatic heterocycles. The van der Waals surface area contributed by atoms with Gasteiger partial charge in [-0.25, -0.2) is 0 Å². The molecule has 2 aromatic rings. The van der Waals surface area contributed by atoms with Crippen molar-refractivity contribution in [2.45, 2.75) is 33.0 Å². The number of carbonyl (C=O) groups excluding carboxylic acids is 2. The summed E-state index contributed by atoms with van der Waals surface area (Å²) in [5.41, 5.74) is 0.129. The Morgan fingerprint density at radius 1 is 1.10 bits per heavy atom. The van der Waals surface area contributed by atoms with Crippen molar-refractivity contribution in [2.75, 3.05) is 23.7 Å². The number of para-hydroxylation sites is 1. The molecule has 1 unspecified atom stereocenters. The molecule has 0 fully saturated rings. The van der Waals surface area contributed by atoms with Crippen LogP contribution in [0.2, 0.25) is 5.02 Å². The second-order valence-electron chi connectivity index (χ2n) is 6.78. The highest BCUT2D eigenvalue weighted by atomic mass is 35.5. The number of nitrogens with one attached hydrogen (secondary N) is 2. The molecule has 0 aliphatic rings. The van der Waals surface area contributed by atoms with Crippen molar-refractivity contribution in [1.82, 2.24) is 4.90 Å². The summed E-state index contributed by atoms with van der Waals surface area (Å²) in [6.07, 6.45) is -4.59. The lowest BCUT2D eigenvalue weighted by Gasteiger charge is -2.26. The predicted molar refractivity (Wildman–Crippen MR) is 112 cm³/mol. The van der Waals surface area contributed by atoms with E-state index in [2.05, 4.69) is 10.6 Å². The fraction of sp³-hybridized carbons (Fsp3) is 0.333. The van der Waals surface area contributed by atoms with Crippen molar-refractivity contribution in [1.29, 1.82) is 0 Å². The first-order valence-electron chi connectivity index (χ1n) is 9.30. The van der Waals surface area contributed by atoms with E-state index in [0.29, 0.717) is 17.3 Å². The first kappa shape index (κ1) is 23.7. The molecule has 9 heteroatoms. The van der Waals surface area contributed by atoms with Crippen molar-refractivity contribution in [3.05, 3.63) is 58.6 Å². The van der Waals surface area contributed by atoms with Gasteiger partial charge in [-0.1, -0.05) is 36.7 Å². The molecule has 0 spiro atoms. The number of rotatable bonds is 7. The molecule has 162 valence electrons. The first-order valence-corrected chi connectivity index (χ1v) is 9.67. The smallest absolute Gasteiger partial charge is 0.324 e. The normalized spacial score (nSPS) is 12.5. The average molecular weight is 442 g/mol. The molecule has 0 saturated heterocycles. The van der Waals surface area contributed by atoms with E-state index in [9.17, 15) is 22.8 Å². The minimum atomic E-state index is -4.59. The lowest BCUT2D eigenvalue weighted by atomic mass is 10.1. The van der Waals surface area contributed by atoms with Gasteiger partial charge in [0.2, 0.25) is 11.8 Å². The van der Waals surface area contributed by atoms with Crippen LogP contribution >= 0.6 is 11.6 Å². The fourth-order valence-corrected chi connectivity index (χ4v) is 3.04. The minimum absolute atomic E-state index is 0.244. The van der Waals surface area contributed by atoms with Gasteiger partial charge in [0.1, 0.15) is 0 Å². The lowest BCUT2D eigenvalue weighted by Crippen LogP contribution is -2.45. The van der Waals surface area contributed by atoms with Crippen LogP contribution in [0.15, 0.2) is 42.5 Å². The maximum absolute atomic E-state index is 13.1. The highest BCUT2D eigenvalue weighted by Crippen LogP contribution is 2.34. The SMILES string of the molecule is CCN(CC(=O)Nc1ccccc1C(F)(F)F)C(C)C(=O)Nc1cc(Cl)ccc1C. The van der Waals surface area contributed by atoms with Gasteiger partial charge in [0.05, 0.1) is 23.8 Å². The molecule has 30 heavy (non-hydrogen) atoms. The second kappa shape index (κ2) is 9.95. The Hall–Kier alpha value is -2.58. The van der Waals surface area contributed by atoms with Crippen molar-refractivity contribution in [3.8, 4) is 0 Å². The van der Waals surface area contributed by atoms with E-state index in [1.807, 2.05) is 6.92 Å². The van der Waals surface area contributed by atoms with Gasteiger partial charge in [0, 0.05) is 10.7 Å². The average Bonchev–Trinajstić information content (AvgIpc) is 2.68. The third-order valence-electron chi connectivity index (χ3n) is 4.64. The number of carbonyl (C=O) groups is 2. The number of amides is 2. The second-order valence-corrected chi connectivity index (χ2v) is 7.22. The molecule has 0 radical (unpaired) electrons. The zero-order chi connectivity index (χ0) is 22.5. The van der Waals surface area contributed by atoms with Crippen LogP contribution in [0.25, 0.3) is 0 Å². The summed E-state index contributed by atoms with van der Waals surface area (Å²) in [7, 11) is 0. The molecular weight excluding hydrogens is 419 g/mol. The molecule has 0 saturated carbocycles. The van der Waals surface area contributed by atoms with Crippen LogP contribution in [-0.2, 0) is 15.8 Å². The van der Waals surface area contributed by atoms with E-state index < -0.39 is 23.7 Å². The Balaban J connectivity index is 2.06. The number of benzene rings is 2. The Labute approximate surface area is 178 Å². The van der Waals surface area contributed by atoms with Gasteiger partial charge < -0.3 is 10.6 Å². The number of likely N-dealkylation sites (N-methyl/N-ethyl adjacent to an activating group) is 1. The molecular formula is C21H23ClF3N3O2. The minimum Gasteiger partial charge on any atom is -0.324 e. The van der Waals surface area contributed by atoms with E-state index in [4.69, 9.17) is 11.6 Å². The zero-order valence-electron chi connectivity index (χ0n) is 16.8. The van der Waals surface area contributed by atoms with E-state index in [-0.39, 0.29) is 18.1 Å². The third-order valence-corrected chi connectivity index (χ3v) is 4.88. The number of aryl methyl sites for hydroxylation is 1. The maximum atomic E-state index is 13.1. The van der Waals surface area contributed by atoms with Gasteiger partial charge in [-0.05, 0) is 50.2 Å². The summed E-state index contributed by atoms with van der Waals surface area (Å²) >= 11 is 5.97. The monoisotopic (exact) mass is 441 g/mol. The van der Waals surface area contributed by atoms with Gasteiger partial charge in [-0.3, -0.25) is 14.5 Å². The summed E-state index contributed by atoms with van der Waals surface area (Å²) in [6.45, 7) is 5.30. The van der Waals surface area contributed by atoms with E-state index in [1.54, 1.807) is 36.9 Å². The molecule has 0 bridgehead atoms. The van der Waals surface area contributed by atoms with Crippen LogP contribution in [0.5, 0.6) is 0 Å². The Bertz CT molecular complexity index is 919. The van der Waals surface area contributed by atoms with Gasteiger partial charge >= 0.3 is 6.18 Å². The molecule has 2 amide bonds. The van der Waals surface area contributed by atoms with Gasteiger partial charge in [-0.15, -0.1) is 0 Å². The predicted octanol–water partition coefficient (Wildman–Crippen LogP) is 4.95. The lowest BCUT2D eigenvalue weighted by molar-refractivity contribution is -0.137. The molecule has 2 N–H and O–H groups in total. The first-order chi connectivity index (χ1) is 14.0. The molecule has 5 nitrogen and oxygen atoms in total. The molecule has 1 atom stereocenters. The van der Waals surface area contributed by atoms with Gasteiger partial charge in [0.15, 0.2) is 0 Å². The molecule has 0 heterocycles. The number of halogens is 4. The molecule has 2 rings (SSSR count). The summed E-state index contributed by atoms with van der Waals surface area (Å²) in [4.78, 5) is 26.6. The van der Waals surface area contributed by atoms with E-state index in [0.717, 1.165) is 11.6 Å². The van der Waals surface area contributed by atoms with Crippen LogP contribution in [0, 0.1) is 6.92 Å². The van der Waals surface area contributed by atoms with Crippen molar-refractivity contribution in [2.24, 2.45) is 0 Å². The Morgan fingerprint density at radius 3 is 2.40 bits per heavy atom. The molecule has 2 aromatic carbocycles. The molecule has 0 aliphatic carbocycles. The van der Waals surface area contributed by atoms with Gasteiger partial charge in [-0.2, -0.15) is 13.2 Å². The third kappa shape index (κ3) is 6.21. The highest BCUT2D eigenvalue weighted by Gasteiger charge is 2.33. The topological polar surface area (TPSA) is 61.4 Å². The van der Waals surface area contributed by atoms with Crippen LogP contribution in [0.4, 0.5) is 24.5 Å². The molecule has 0 aliphatic heterocycles. The maximum Gasteiger partial charge on any atom is 0.418 e. The quantitative estimate of drug-likeness (QED) is 0.638. The van der Waals surface area contributed by atoms with E-state index in [1.165, 1.54) is 18.2 Å². The van der Waals surface area contributed by atoms with Crippen molar-refractivity contribution < 1.29 is 22.8 Å². The zero-order valence-corrected chi connectivity index (χ0v) is 17.6. The van der Waals surface area contributed by atoms with E-state index >= 15 is 0 Å². The summed E-state index contributed by atoms with van der Waals surface area (Å²) < 4.78 is 39.3. The summed E-state index contributed by atoms with van der Waals surface area (Å²) in [6, 6.07) is 9.15. The number of nitrogens with zero attached hydrogens (tertiary/aromatic N) is 1.